The molecular formula is C18H26F8O5S. The largest absolute Gasteiger partial charge is 0.460 e. The minimum absolute atomic E-state index is 0.168. The highest BCUT2D eigenvalue weighted by Crippen LogP contribution is 2.47. The molecule has 32 heavy (non-hydrogen) atoms. The smallest absolute Gasteiger partial charge is 0.381 e. The van der Waals surface area contributed by atoms with Crippen LogP contribution in [0.4, 0.5) is 35.1 Å². The van der Waals surface area contributed by atoms with Crippen molar-refractivity contribution in [1.29, 1.82) is 0 Å². The minimum atomic E-state index is -6.93. The first-order chi connectivity index (χ1) is 14.5. The van der Waals surface area contributed by atoms with E-state index in [-0.39, 0.29) is 6.61 Å². The Morgan fingerprint density at radius 2 is 1.69 bits per heavy atom. The summed E-state index contributed by atoms with van der Waals surface area (Å²) in [7, 11) is -6.93. The fourth-order valence-corrected chi connectivity index (χ4v) is 3.59. The summed E-state index contributed by atoms with van der Waals surface area (Å²) in [5.41, 5.74) is 1.34. The average Bonchev–Trinajstić information content (AvgIpc) is 2.63. The molecule has 190 valence electrons. The van der Waals surface area contributed by atoms with Crippen LogP contribution in [0.25, 0.3) is 0 Å². The molecule has 1 fully saturated rings. The fraction of sp³-hybridized carbons (Fsp3) is 0.889. The highest BCUT2D eigenvalue weighted by molar-refractivity contribution is 7.86. The van der Waals surface area contributed by atoms with Crippen molar-refractivity contribution in [3.8, 4) is 0 Å². The predicted molar refractivity (Wildman–Crippen MR) is 97.4 cm³/mol. The molecule has 0 aliphatic heterocycles. The van der Waals surface area contributed by atoms with Crippen LogP contribution in [-0.2, 0) is 19.6 Å². The summed E-state index contributed by atoms with van der Waals surface area (Å²) in [6, 6.07) is 0. The second-order valence-corrected chi connectivity index (χ2v) is 9.03. The monoisotopic (exact) mass is 506 g/mol. The number of allylic oxidation sites excluding steroid dienone is 2. The Morgan fingerprint density at radius 1 is 1.06 bits per heavy atom. The van der Waals surface area contributed by atoms with Crippen LogP contribution in [0.5, 0.6) is 0 Å². The molecule has 0 aromatic rings. The summed E-state index contributed by atoms with van der Waals surface area (Å²) >= 11 is 0. The second-order valence-electron chi connectivity index (χ2n) is 7.57. The number of alkyl halides is 8. The number of ether oxygens (including phenoxy) is 2. The highest BCUT2D eigenvalue weighted by Gasteiger charge is 2.73. The standard InChI is InChI=1S/C18H26F8O5S/c1-2-5-13-6-3-7-14(12-13)8-11-30-10-4-9-15(19,20)16(21,22)31-17(23,24)18(25,26)32(27,28)29/h5,14H,2-4,6-12H2,1H3,(H,27,28,29)/b13-5-. The average molecular weight is 506 g/mol. The lowest BCUT2D eigenvalue weighted by atomic mass is 9.83. The predicted octanol–water partition coefficient (Wildman–Crippen LogP) is 6.02. The summed E-state index contributed by atoms with van der Waals surface area (Å²) in [4.78, 5) is 0. The molecule has 0 radical (unpaired) electrons. The highest BCUT2D eigenvalue weighted by atomic mass is 32.2. The maximum atomic E-state index is 13.6. The first kappa shape index (κ1) is 29.0. The van der Waals surface area contributed by atoms with Gasteiger partial charge in [-0.25, -0.2) is 4.74 Å². The van der Waals surface area contributed by atoms with Gasteiger partial charge in [-0.1, -0.05) is 18.6 Å². The van der Waals surface area contributed by atoms with Crippen molar-refractivity contribution >= 4 is 10.1 Å². The third kappa shape index (κ3) is 7.52. The van der Waals surface area contributed by atoms with Crippen molar-refractivity contribution in [1.82, 2.24) is 0 Å². The summed E-state index contributed by atoms with van der Waals surface area (Å²) in [6.07, 6.45) is -7.72. The first-order valence-corrected chi connectivity index (χ1v) is 11.3. The molecule has 0 amide bonds. The van der Waals surface area contributed by atoms with E-state index < -0.39 is 53.0 Å². The topological polar surface area (TPSA) is 72.8 Å². The van der Waals surface area contributed by atoms with Crippen LogP contribution in [0.1, 0.15) is 58.3 Å². The Hall–Kier alpha value is -0.990. The molecule has 1 aliphatic rings. The Labute approximate surface area is 180 Å². The van der Waals surface area contributed by atoms with E-state index >= 15 is 0 Å². The van der Waals surface area contributed by atoms with Crippen LogP contribution in [0.15, 0.2) is 11.6 Å². The zero-order chi connectivity index (χ0) is 24.8. The number of hydrogen-bond donors (Lipinski definition) is 1. The third-order valence-corrected chi connectivity index (χ3v) is 5.83. The van der Waals surface area contributed by atoms with Crippen LogP contribution >= 0.6 is 0 Å². The summed E-state index contributed by atoms with van der Waals surface area (Å²) in [6.45, 7) is 1.76. The van der Waals surface area contributed by atoms with Crippen molar-refractivity contribution in [2.45, 2.75) is 81.7 Å². The van der Waals surface area contributed by atoms with Crippen LogP contribution in [0.2, 0.25) is 0 Å². The van der Waals surface area contributed by atoms with Crippen LogP contribution < -0.4 is 0 Å². The van der Waals surface area contributed by atoms with Crippen molar-refractivity contribution in [3.05, 3.63) is 11.6 Å². The summed E-state index contributed by atoms with van der Waals surface area (Å²) in [5, 5.41) is -6.58. The van der Waals surface area contributed by atoms with Gasteiger partial charge in [0.15, 0.2) is 0 Å². The molecule has 0 aromatic heterocycles. The van der Waals surface area contributed by atoms with E-state index in [1.807, 2.05) is 6.92 Å². The molecular weight excluding hydrogens is 480 g/mol. The van der Waals surface area contributed by atoms with E-state index in [1.54, 1.807) is 0 Å². The van der Waals surface area contributed by atoms with Gasteiger partial charge in [-0.3, -0.25) is 4.55 Å². The molecule has 5 nitrogen and oxygen atoms in total. The zero-order valence-electron chi connectivity index (χ0n) is 17.2. The van der Waals surface area contributed by atoms with E-state index in [1.165, 1.54) is 5.57 Å². The third-order valence-electron chi connectivity index (χ3n) is 4.95. The van der Waals surface area contributed by atoms with Crippen molar-refractivity contribution in [2.75, 3.05) is 13.2 Å². The SMILES string of the molecule is CC/C=C1/CCCC(CCOCCCC(F)(F)C(F)(F)OC(F)(F)C(F)(F)S(=O)(=O)O)C1. The Bertz CT molecular complexity index is 740. The van der Waals surface area contributed by atoms with Gasteiger partial charge < -0.3 is 4.74 Å². The normalized spacial score (nSPS) is 20.7. The van der Waals surface area contributed by atoms with E-state index in [0.29, 0.717) is 12.3 Å². The number of hydrogen-bond acceptors (Lipinski definition) is 4. The van der Waals surface area contributed by atoms with Gasteiger partial charge >= 0.3 is 33.5 Å². The maximum Gasteiger partial charge on any atom is 0.460 e. The lowest BCUT2D eigenvalue weighted by Gasteiger charge is -2.31. The van der Waals surface area contributed by atoms with Gasteiger partial charge in [0, 0.05) is 19.6 Å². The van der Waals surface area contributed by atoms with Crippen molar-refractivity contribution < 1.29 is 57.6 Å². The quantitative estimate of drug-likeness (QED) is 0.143. The Balaban J connectivity index is 2.50. The maximum absolute atomic E-state index is 13.6. The fourth-order valence-electron chi connectivity index (χ4n) is 3.25. The molecule has 1 N–H and O–H groups in total. The van der Waals surface area contributed by atoms with Crippen LogP contribution in [-0.4, -0.2) is 49.6 Å². The van der Waals surface area contributed by atoms with Gasteiger partial charge in [0.1, 0.15) is 0 Å². The van der Waals surface area contributed by atoms with Gasteiger partial charge in [-0.2, -0.15) is 43.5 Å². The number of rotatable bonds is 13. The Morgan fingerprint density at radius 3 is 2.25 bits per heavy atom. The second kappa shape index (κ2) is 11.0. The van der Waals surface area contributed by atoms with Gasteiger partial charge in [-0.05, 0) is 50.9 Å². The zero-order valence-corrected chi connectivity index (χ0v) is 18.1. The van der Waals surface area contributed by atoms with E-state index in [2.05, 4.69) is 10.8 Å². The molecule has 14 heteroatoms. The first-order valence-electron chi connectivity index (χ1n) is 9.91. The summed E-state index contributed by atoms with van der Waals surface area (Å²) < 4.78 is 142. The molecule has 1 unspecified atom stereocenters. The molecule has 0 saturated heterocycles. The van der Waals surface area contributed by atoms with Crippen molar-refractivity contribution in [2.24, 2.45) is 5.92 Å². The summed E-state index contributed by atoms with van der Waals surface area (Å²) in [5.74, 6) is -5.01. The van der Waals surface area contributed by atoms with Crippen LogP contribution in [0.3, 0.4) is 0 Å². The molecule has 1 rings (SSSR count). The number of halogens is 8. The molecule has 1 atom stereocenters. The van der Waals surface area contributed by atoms with Gasteiger partial charge in [0.2, 0.25) is 0 Å². The Kier molecular flexibility index (Phi) is 9.94. The molecule has 1 aliphatic carbocycles. The van der Waals surface area contributed by atoms with E-state index in [9.17, 15) is 43.5 Å². The molecule has 0 heterocycles. The van der Waals surface area contributed by atoms with Crippen molar-refractivity contribution in [3.63, 3.8) is 0 Å². The van der Waals surface area contributed by atoms with Gasteiger partial charge in [-0.15, -0.1) is 0 Å². The molecule has 0 spiro atoms. The van der Waals surface area contributed by atoms with Crippen LogP contribution in [0, 0.1) is 5.92 Å². The molecule has 0 aromatic carbocycles. The molecule has 0 bridgehead atoms. The lowest BCUT2D eigenvalue weighted by molar-refractivity contribution is -0.456. The van der Waals surface area contributed by atoms with Gasteiger partial charge in [0.25, 0.3) is 0 Å². The van der Waals surface area contributed by atoms with E-state index in [4.69, 9.17) is 9.29 Å². The van der Waals surface area contributed by atoms with E-state index in [0.717, 1.165) is 32.1 Å². The minimum Gasteiger partial charge on any atom is -0.381 e. The lowest BCUT2D eigenvalue weighted by Crippen LogP contribution is -2.55. The molecule has 1 saturated carbocycles. The van der Waals surface area contributed by atoms with Gasteiger partial charge in [0.05, 0.1) is 0 Å².